The number of benzene rings is 1. The lowest BCUT2D eigenvalue weighted by molar-refractivity contribution is 0.204. The summed E-state index contributed by atoms with van der Waals surface area (Å²) in [5, 5.41) is 18.4. The van der Waals surface area contributed by atoms with Gasteiger partial charge in [-0.2, -0.15) is 0 Å². The zero-order valence-electron chi connectivity index (χ0n) is 7.70. The van der Waals surface area contributed by atoms with Crippen LogP contribution in [0.2, 0.25) is 0 Å². The molecule has 1 aromatic carbocycles. The third-order valence-electron chi connectivity index (χ3n) is 2.48. The van der Waals surface area contributed by atoms with Gasteiger partial charge in [0, 0.05) is 5.46 Å². The first-order valence-electron chi connectivity index (χ1n) is 4.40. The minimum atomic E-state index is -1.22. The molecule has 14 heavy (non-hydrogen) atoms. The molecule has 0 radical (unpaired) electrons. The molecule has 1 aliphatic rings. The molecule has 0 aromatic heterocycles. The lowest BCUT2D eigenvalue weighted by Crippen LogP contribution is -2.31. The molecule has 2 rings (SSSR count). The highest BCUT2D eigenvalue weighted by Gasteiger charge is 2.36. The van der Waals surface area contributed by atoms with Gasteiger partial charge >= 0.3 is 7.12 Å². The summed E-state index contributed by atoms with van der Waals surface area (Å²) in [5.41, 5.74) is 1.33. The Balaban J connectivity index is 2.63. The summed E-state index contributed by atoms with van der Waals surface area (Å²) in [6, 6.07) is 2.74. The Morgan fingerprint density at radius 1 is 1.57 bits per heavy atom. The van der Waals surface area contributed by atoms with Crippen LogP contribution < -0.4 is 5.46 Å². The fourth-order valence-corrected chi connectivity index (χ4v) is 1.85. The quantitative estimate of drug-likeness (QED) is 0.626. The largest absolute Gasteiger partial charge is 0.495 e. The summed E-state index contributed by atoms with van der Waals surface area (Å²) >= 11 is 0. The van der Waals surface area contributed by atoms with Gasteiger partial charge in [-0.1, -0.05) is 6.07 Å². The zero-order chi connectivity index (χ0) is 10.3. The third kappa shape index (κ3) is 1.25. The van der Waals surface area contributed by atoms with Crippen LogP contribution in [0, 0.1) is 5.82 Å². The van der Waals surface area contributed by atoms with Crippen LogP contribution in [-0.4, -0.2) is 17.2 Å². The molecular formula is C9H10BFO3. The highest BCUT2D eigenvalue weighted by Crippen LogP contribution is 2.27. The maximum Gasteiger partial charge on any atom is 0.495 e. The van der Waals surface area contributed by atoms with Crippen molar-refractivity contribution in [3.8, 4) is 0 Å². The SMILES string of the molecule is CC1OB(O)c2c(F)ccc(CO)c21. The number of fused-ring (bicyclic) bond motifs is 1. The molecule has 0 aliphatic carbocycles. The molecule has 0 saturated carbocycles. The van der Waals surface area contributed by atoms with Crippen molar-refractivity contribution in [2.24, 2.45) is 0 Å². The average Bonchev–Trinajstić information content (AvgIpc) is 2.44. The fourth-order valence-electron chi connectivity index (χ4n) is 1.85. The highest BCUT2D eigenvalue weighted by molar-refractivity contribution is 6.61. The molecule has 74 valence electrons. The molecule has 0 spiro atoms. The van der Waals surface area contributed by atoms with Crippen molar-refractivity contribution in [1.82, 2.24) is 0 Å². The molecule has 1 heterocycles. The summed E-state index contributed by atoms with van der Waals surface area (Å²) in [4.78, 5) is 0. The normalized spacial score (nSPS) is 20.0. The van der Waals surface area contributed by atoms with E-state index in [1.807, 2.05) is 0 Å². The Labute approximate surface area is 81.3 Å². The van der Waals surface area contributed by atoms with Crippen molar-refractivity contribution < 1.29 is 19.2 Å². The molecule has 3 nitrogen and oxygen atoms in total. The molecule has 1 atom stereocenters. The van der Waals surface area contributed by atoms with Gasteiger partial charge in [-0.25, -0.2) is 4.39 Å². The van der Waals surface area contributed by atoms with Crippen LogP contribution in [0.25, 0.3) is 0 Å². The molecule has 0 amide bonds. The summed E-state index contributed by atoms with van der Waals surface area (Å²) in [6.07, 6.45) is -0.377. The Hall–Kier alpha value is -0.905. The van der Waals surface area contributed by atoms with E-state index in [1.165, 1.54) is 12.1 Å². The smallest absolute Gasteiger partial charge is 0.423 e. The number of rotatable bonds is 1. The number of aliphatic hydroxyl groups is 1. The van der Waals surface area contributed by atoms with E-state index < -0.39 is 12.9 Å². The second-order valence-corrected chi connectivity index (χ2v) is 3.32. The minimum Gasteiger partial charge on any atom is -0.423 e. The molecule has 1 unspecified atom stereocenters. The van der Waals surface area contributed by atoms with Gasteiger partial charge in [0.25, 0.3) is 0 Å². The first-order valence-corrected chi connectivity index (χ1v) is 4.40. The van der Waals surface area contributed by atoms with E-state index in [9.17, 15) is 9.41 Å². The predicted molar refractivity (Wildman–Crippen MR) is 49.4 cm³/mol. The molecule has 5 heteroatoms. The van der Waals surface area contributed by atoms with Crippen molar-refractivity contribution in [2.75, 3.05) is 0 Å². The predicted octanol–water partition coefficient (Wildman–Crippen LogP) is 0.0967. The van der Waals surface area contributed by atoms with Crippen LogP contribution in [0.5, 0.6) is 0 Å². The maximum atomic E-state index is 13.3. The van der Waals surface area contributed by atoms with E-state index in [0.29, 0.717) is 11.1 Å². The second-order valence-electron chi connectivity index (χ2n) is 3.32. The molecule has 0 saturated heterocycles. The minimum absolute atomic E-state index is 0.157. The van der Waals surface area contributed by atoms with Gasteiger partial charge < -0.3 is 14.8 Å². The number of halogens is 1. The first kappa shape index (κ1) is 9.64. The maximum absolute atomic E-state index is 13.3. The summed E-state index contributed by atoms with van der Waals surface area (Å²) in [5.74, 6) is -0.492. The monoisotopic (exact) mass is 196 g/mol. The van der Waals surface area contributed by atoms with Crippen LogP contribution >= 0.6 is 0 Å². The Morgan fingerprint density at radius 2 is 2.29 bits per heavy atom. The molecule has 1 aromatic rings. The number of hydrogen-bond donors (Lipinski definition) is 2. The third-order valence-corrected chi connectivity index (χ3v) is 2.48. The molecule has 2 N–H and O–H groups in total. The van der Waals surface area contributed by atoms with Gasteiger partial charge in [0.1, 0.15) is 5.82 Å². The molecule has 0 bridgehead atoms. The van der Waals surface area contributed by atoms with E-state index in [0.717, 1.165) is 0 Å². The summed E-state index contributed by atoms with van der Waals surface area (Å²) in [7, 11) is -1.22. The van der Waals surface area contributed by atoms with Crippen LogP contribution in [-0.2, 0) is 11.3 Å². The standard InChI is InChI=1S/C9H10BFO3/c1-5-8-6(4-12)2-3-7(11)9(8)10(13)14-5/h2-3,5,12-13H,4H2,1H3. The Bertz CT molecular complexity index is 369. The van der Waals surface area contributed by atoms with Gasteiger partial charge in [0.05, 0.1) is 12.7 Å². The van der Waals surface area contributed by atoms with E-state index in [-0.39, 0.29) is 18.2 Å². The van der Waals surface area contributed by atoms with Crippen molar-refractivity contribution >= 4 is 12.6 Å². The van der Waals surface area contributed by atoms with E-state index in [1.54, 1.807) is 6.92 Å². The molecular weight excluding hydrogens is 186 g/mol. The lowest BCUT2D eigenvalue weighted by Gasteiger charge is -2.09. The van der Waals surface area contributed by atoms with Crippen LogP contribution in [0.4, 0.5) is 4.39 Å². The van der Waals surface area contributed by atoms with Crippen LogP contribution in [0.15, 0.2) is 12.1 Å². The lowest BCUT2D eigenvalue weighted by atomic mass is 9.77. The Morgan fingerprint density at radius 3 is 2.93 bits per heavy atom. The van der Waals surface area contributed by atoms with Gasteiger partial charge in [-0.3, -0.25) is 0 Å². The van der Waals surface area contributed by atoms with Crippen LogP contribution in [0.1, 0.15) is 24.2 Å². The molecule has 0 fully saturated rings. The van der Waals surface area contributed by atoms with Gasteiger partial charge in [0.15, 0.2) is 0 Å². The topological polar surface area (TPSA) is 49.7 Å². The van der Waals surface area contributed by atoms with Crippen molar-refractivity contribution in [3.05, 3.63) is 29.1 Å². The zero-order valence-corrected chi connectivity index (χ0v) is 7.70. The number of hydrogen-bond acceptors (Lipinski definition) is 3. The van der Waals surface area contributed by atoms with E-state index >= 15 is 0 Å². The van der Waals surface area contributed by atoms with Crippen LogP contribution in [0.3, 0.4) is 0 Å². The van der Waals surface area contributed by atoms with E-state index in [4.69, 9.17) is 9.76 Å². The van der Waals surface area contributed by atoms with Gasteiger partial charge in [-0.15, -0.1) is 0 Å². The average molecular weight is 196 g/mol. The van der Waals surface area contributed by atoms with Crippen molar-refractivity contribution in [2.45, 2.75) is 19.6 Å². The molecule has 1 aliphatic heterocycles. The number of aliphatic hydroxyl groups excluding tert-OH is 1. The van der Waals surface area contributed by atoms with E-state index in [2.05, 4.69) is 0 Å². The fraction of sp³-hybridized carbons (Fsp3) is 0.333. The second kappa shape index (κ2) is 3.35. The first-order chi connectivity index (χ1) is 6.65. The Kier molecular flexibility index (Phi) is 2.30. The summed E-state index contributed by atoms with van der Waals surface area (Å²) in [6.45, 7) is 1.54. The highest BCUT2D eigenvalue weighted by atomic mass is 19.1. The van der Waals surface area contributed by atoms with Crippen molar-refractivity contribution in [3.63, 3.8) is 0 Å². The van der Waals surface area contributed by atoms with Gasteiger partial charge in [-0.05, 0) is 24.1 Å². The van der Waals surface area contributed by atoms with Gasteiger partial charge in [0.2, 0.25) is 0 Å². The van der Waals surface area contributed by atoms with Crippen molar-refractivity contribution in [1.29, 1.82) is 0 Å². The summed E-state index contributed by atoms with van der Waals surface area (Å²) < 4.78 is 18.4.